The Kier molecular flexibility index (Phi) is 12.5. The first kappa shape index (κ1) is 39.9. The van der Waals surface area contributed by atoms with Crippen LogP contribution in [0.15, 0.2) is 65.4 Å². The average Bonchev–Trinajstić information content (AvgIpc) is 4.00. The van der Waals surface area contributed by atoms with Gasteiger partial charge in [-0.25, -0.2) is 4.39 Å². The highest BCUT2D eigenvalue weighted by atomic mass is 32.1. The average molecular weight is 883 g/mol. The zero-order chi connectivity index (χ0) is 39.5. The molecule has 0 saturated heterocycles. The minimum Gasteiger partial charge on any atom is -0.481 e. The van der Waals surface area contributed by atoms with Gasteiger partial charge in [0, 0.05) is 79.3 Å². The summed E-state index contributed by atoms with van der Waals surface area (Å²) in [5.74, 6) is -3.96. The van der Waals surface area contributed by atoms with E-state index < -0.39 is 29.7 Å². The second-order valence-corrected chi connectivity index (χ2v) is 19.8. The van der Waals surface area contributed by atoms with E-state index in [1.807, 2.05) is 59.3 Å². The smallest absolute Gasteiger partial charge is 0.303 e. The summed E-state index contributed by atoms with van der Waals surface area (Å²) < 4.78 is 16.0. The first-order chi connectivity index (χ1) is 26.9. The summed E-state index contributed by atoms with van der Waals surface area (Å²) in [5, 5.41) is 41.3. The van der Waals surface area contributed by atoms with E-state index in [2.05, 4.69) is 0 Å². The Morgan fingerprint density at radius 2 is 0.768 bits per heavy atom. The fraction of sp³-hybridized carbons (Fsp3) is 0.200. The van der Waals surface area contributed by atoms with Crippen LogP contribution in [0.2, 0.25) is 0 Å². The van der Waals surface area contributed by atoms with Crippen LogP contribution in [0.4, 0.5) is 4.39 Å². The van der Waals surface area contributed by atoms with Crippen LogP contribution < -0.4 is 0 Å². The number of aliphatic carboxylic acids is 4. The molecule has 0 aromatic carbocycles. The molecule has 8 nitrogen and oxygen atoms in total. The summed E-state index contributed by atoms with van der Waals surface area (Å²) in [5.41, 5.74) is 3.60. The molecule has 4 N–H and O–H groups in total. The van der Waals surface area contributed by atoms with Crippen molar-refractivity contribution in [1.82, 2.24) is 0 Å². The molecule has 0 fully saturated rings. The molecule has 0 unspecified atom stereocenters. The molecular formula is C40H31FO8S7. The molecule has 7 rings (SSSR count). The maximum atomic E-state index is 16.0. The predicted molar refractivity (Wildman–Crippen MR) is 228 cm³/mol. The minimum absolute atomic E-state index is 0.0310. The summed E-state index contributed by atoms with van der Waals surface area (Å²) in [6.07, 6.45) is 1.34. The molecule has 0 spiro atoms. The molecule has 0 saturated carbocycles. The van der Waals surface area contributed by atoms with Crippen molar-refractivity contribution in [1.29, 1.82) is 0 Å². The van der Waals surface area contributed by atoms with Gasteiger partial charge in [0.1, 0.15) is 5.82 Å². The molecule has 16 heteroatoms. The lowest BCUT2D eigenvalue weighted by atomic mass is 10.1. The highest BCUT2D eigenvalue weighted by molar-refractivity contribution is 7.31. The van der Waals surface area contributed by atoms with E-state index in [4.69, 9.17) is 0 Å². The first-order valence-electron chi connectivity index (χ1n) is 17.2. The van der Waals surface area contributed by atoms with Crippen molar-refractivity contribution in [2.45, 2.75) is 51.4 Å². The lowest BCUT2D eigenvalue weighted by Crippen LogP contribution is -1.97. The third kappa shape index (κ3) is 9.12. The number of thiophene rings is 7. The molecule has 0 radical (unpaired) electrons. The number of hydrogen-bond acceptors (Lipinski definition) is 11. The van der Waals surface area contributed by atoms with E-state index in [0.717, 1.165) is 66.1 Å². The summed E-state index contributed by atoms with van der Waals surface area (Å²) in [7, 11) is 0. The maximum absolute atomic E-state index is 16.0. The van der Waals surface area contributed by atoms with Gasteiger partial charge in [-0.2, -0.15) is 0 Å². The summed E-state index contributed by atoms with van der Waals surface area (Å²) in [6.45, 7) is 0. The molecule has 0 aliphatic heterocycles. The van der Waals surface area contributed by atoms with Crippen LogP contribution in [0, 0.1) is 5.82 Å². The van der Waals surface area contributed by atoms with Crippen molar-refractivity contribution in [2.75, 3.05) is 0 Å². The molecule has 0 bridgehead atoms. The van der Waals surface area contributed by atoms with Gasteiger partial charge in [-0.05, 0) is 113 Å². The topological polar surface area (TPSA) is 149 Å². The zero-order valence-electron chi connectivity index (χ0n) is 29.2. The molecule has 56 heavy (non-hydrogen) atoms. The van der Waals surface area contributed by atoms with Gasteiger partial charge in [0.2, 0.25) is 0 Å². The molecule has 0 aliphatic carbocycles. The van der Waals surface area contributed by atoms with Gasteiger partial charge in [-0.3, -0.25) is 19.2 Å². The second kappa shape index (κ2) is 17.5. The van der Waals surface area contributed by atoms with Crippen LogP contribution in [0.3, 0.4) is 0 Å². The number of hydrogen-bond donors (Lipinski definition) is 4. The summed E-state index contributed by atoms with van der Waals surface area (Å²) >= 11 is 10.4. The lowest BCUT2D eigenvalue weighted by Gasteiger charge is -2.01. The highest BCUT2D eigenvalue weighted by Crippen LogP contribution is 2.50. The molecule has 7 heterocycles. The van der Waals surface area contributed by atoms with Crippen LogP contribution in [0.25, 0.3) is 58.5 Å². The Hall–Kier alpha value is -4.29. The Morgan fingerprint density at radius 1 is 0.411 bits per heavy atom. The molecular weight excluding hydrogens is 852 g/mol. The molecule has 0 amide bonds. The molecule has 0 atom stereocenters. The van der Waals surface area contributed by atoms with Crippen LogP contribution in [0.1, 0.15) is 47.9 Å². The summed E-state index contributed by atoms with van der Waals surface area (Å²) in [6, 6.07) is 17.2. The lowest BCUT2D eigenvalue weighted by molar-refractivity contribution is -0.138. The number of aryl methyl sites for hydroxylation is 4. The van der Waals surface area contributed by atoms with Gasteiger partial charge in [0.25, 0.3) is 0 Å². The standard InChI is InChI=1S/C40H31FO8S7/c41-24-19-30(29-17-22(3-11-34(46)47)38(54-29)27-7-5-25(52-27)36-20(13-15-50-36)1-9-32(42)43)55-40(24)31-18-23(4-12-35(48)49)39(56-31)28-8-6-26(53-28)37-21(14-16-51-37)2-10-33(44)45/h5-8,13-19H,1-4,9-12H2,(H,42,43)(H,44,45)(H,46,47)(H,48,49). The second-order valence-electron chi connectivity index (χ2n) is 12.7. The SMILES string of the molecule is O=C(O)CCc1ccsc1-c1ccc(-c2sc(-c3cc(F)c(-c4cc(CCC(=O)O)c(-c5ccc(-c6sccc6CCC(=O)O)s5)s4)s3)cc2CCC(=O)O)s1. The van der Waals surface area contributed by atoms with E-state index in [9.17, 15) is 39.6 Å². The quantitative estimate of drug-likeness (QED) is 0.0665. The third-order valence-electron chi connectivity index (χ3n) is 8.80. The Morgan fingerprint density at radius 3 is 1.21 bits per heavy atom. The number of halogens is 1. The van der Waals surface area contributed by atoms with Gasteiger partial charge in [0.15, 0.2) is 0 Å². The van der Waals surface area contributed by atoms with Gasteiger partial charge in [-0.1, -0.05) is 0 Å². The van der Waals surface area contributed by atoms with Crippen LogP contribution in [0.5, 0.6) is 0 Å². The minimum atomic E-state index is -0.930. The van der Waals surface area contributed by atoms with E-state index in [1.54, 1.807) is 45.3 Å². The van der Waals surface area contributed by atoms with Crippen LogP contribution >= 0.6 is 79.4 Å². The number of carboxylic acid groups (broad SMARTS) is 4. The van der Waals surface area contributed by atoms with Crippen molar-refractivity contribution < 1.29 is 44.0 Å². The number of carboxylic acids is 4. The predicted octanol–water partition coefficient (Wildman–Crippen LogP) is 12.3. The monoisotopic (exact) mass is 882 g/mol. The third-order valence-corrected chi connectivity index (χ3v) is 17.4. The molecule has 7 aromatic heterocycles. The molecule has 288 valence electrons. The van der Waals surface area contributed by atoms with Crippen molar-refractivity contribution >= 4 is 103 Å². The Balaban J connectivity index is 1.21. The first-order valence-corrected chi connectivity index (χ1v) is 23.0. The number of rotatable bonds is 18. The van der Waals surface area contributed by atoms with Crippen LogP contribution in [-0.4, -0.2) is 44.3 Å². The van der Waals surface area contributed by atoms with Gasteiger partial charge < -0.3 is 20.4 Å². The maximum Gasteiger partial charge on any atom is 0.303 e. The highest BCUT2D eigenvalue weighted by Gasteiger charge is 2.23. The van der Waals surface area contributed by atoms with E-state index in [-0.39, 0.29) is 32.1 Å². The zero-order valence-corrected chi connectivity index (χ0v) is 34.9. The van der Waals surface area contributed by atoms with Crippen LogP contribution in [-0.2, 0) is 44.9 Å². The Bertz CT molecular complexity index is 2550. The molecule has 0 aliphatic rings. The largest absolute Gasteiger partial charge is 0.481 e. The van der Waals surface area contributed by atoms with Crippen molar-refractivity contribution in [2.24, 2.45) is 0 Å². The normalized spacial score (nSPS) is 11.4. The van der Waals surface area contributed by atoms with E-state index >= 15 is 4.39 Å². The van der Waals surface area contributed by atoms with Crippen molar-refractivity contribution in [3.8, 4) is 58.5 Å². The van der Waals surface area contributed by atoms with E-state index in [0.29, 0.717) is 33.9 Å². The fourth-order valence-electron chi connectivity index (χ4n) is 6.17. The van der Waals surface area contributed by atoms with Gasteiger partial charge in [-0.15, -0.1) is 79.4 Å². The van der Waals surface area contributed by atoms with E-state index in [1.165, 1.54) is 40.1 Å². The Labute approximate surface area is 348 Å². The molecule has 7 aromatic rings. The van der Waals surface area contributed by atoms with Crippen molar-refractivity contribution in [3.05, 3.63) is 93.4 Å². The van der Waals surface area contributed by atoms with Gasteiger partial charge in [0.05, 0.1) is 4.88 Å². The fourth-order valence-corrected chi connectivity index (χ4v) is 14.3. The number of carbonyl (C=O) groups is 4. The summed E-state index contributed by atoms with van der Waals surface area (Å²) in [4.78, 5) is 55.9. The van der Waals surface area contributed by atoms with Crippen molar-refractivity contribution in [3.63, 3.8) is 0 Å². The van der Waals surface area contributed by atoms with Gasteiger partial charge >= 0.3 is 23.9 Å².